The van der Waals surface area contributed by atoms with Crippen LogP contribution in [0.4, 0.5) is 4.39 Å². The van der Waals surface area contributed by atoms with Crippen LogP contribution in [0.3, 0.4) is 0 Å². The molecule has 0 bridgehead atoms. The number of rotatable bonds is 9. The van der Waals surface area contributed by atoms with E-state index in [2.05, 4.69) is 21.2 Å². The molecule has 0 aromatic heterocycles. The van der Waals surface area contributed by atoms with Crippen molar-refractivity contribution in [1.82, 2.24) is 9.62 Å². The zero-order valence-corrected chi connectivity index (χ0v) is 19.9. The lowest BCUT2D eigenvalue weighted by Crippen LogP contribution is -2.42. The Morgan fingerprint density at radius 1 is 1.00 bits per heavy atom. The fourth-order valence-electron chi connectivity index (χ4n) is 3.22. The first-order valence-electron chi connectivity index (χ1n) is 10.1. The average Bonchev–Trinajstić information content (AvgIpc) is 2.78. The summed E-state index contributed by atoms with van der Waals surface area (Å²) in [6.07, 6.45) is 0.470. The van der Waals surface area contributed by atoms with Crippen molar-refractivity contribution in [2.75, 3.05) is 13.1 Å². The van der Waals surface area contributed by atoms with Gasteiger partial charge >= 0.3 is 0 Å². The molecule has 1 atom stereocenters. The standard InChI is InChI=1S/C24H24BrFN2O3S/c1-18(20-7-11-22(26)12-8-20)27-24(29)17-28(16-15-19-5-3-2-4-6-19)32(30,31)23-13-9-21(25)10-14-23/h2-14,18H,15-17H2,1H3,(H,27,29). The minimum absolute atomic E-state index is 0.119. The minimum atomic E-state index is -3.89. The number of hydrogen-bond donors (Lipinski definition) is 1. The van der Waals surface area contributed by atoms with Crippen LogP contribution in [0.5, 0.6) is 0 Å². The summed E-state index contributed by atoms with van der Waals surface area (Å²) in [4.78, 5) is 12.9. The van der Waals surface area contributed by atoms with Crippen LogP contribution in [0.2, 0.25) is 0 Å². The first-order chi connectivity index (χ1) is 15.3. The number of benzene rings is 3. The molecule has 5 nitrogen and oxygen atoms in total. The molecule has 0 saturated carbocycles. The Labute approximate surface area is 196 Å². The van der Waals surface area contributed by atoms with Crippen molar-refractivity contribution in [1.29, 1.82) is 0 Å². The molecule has 1 unspecified atom stereocenters. The smallest absolute Gasteiger partial charge is 0.243 e. The van der Waals surface area contributed by atoms with Crippen molar-refractivity contribution in [2.45, 2.75) is 24.3 Å². The van der Waals surface area contributed by atoms with Gasteiger partial charge in [-0.05, 0) is 60.9 Å². The van der Waals surface area contributed by atoms with E-state index in [0.29, 0.717) is 6.42 Å². The Bertz CT molecular complexity index is 1140. The molecule has 0 heterocycles. The molecular weight excluding hydrogens is 495 g/mol. The number of sulfonamides is 1. The molecule has 0 aliphatic heterocycles. The number of nitrogens with one attached hydrogen (secondary N) is 1. The van der Waals surface area contributed by atoms with E-state index in [9.17, 15) is 17.6 Å². The predicted octanol–water partition coefficient (Wildman–Crippen LogP) is 4.70. The molecule has 3 rings (SSSR count). The summed E-state index contributed by atoms with van der Waals surface area (Å²) >= 11 is 3.31. The summed E-state index contributed by atoms with van der Waals surface area (Å²) in [7, 11) is -3.89. The molecule has 168 valence electrons. The summed E-state index contributed by atoms with van der Waals surface area (Å²) in [5.41, 5.74) is 1.70. The number of carbonyl (C=O) groups excluding carboxylic acids is 1. The van der Waals surface area contributed by atoms with Gasteiger partial charge in [-0.25, -0.2) is 12.8 Å². The molecule has 0 aliphatic rings. The molecule has 0 aliphatic carbocycles. The van der Waals surface area contributed by atoms with Crippen molar-refractivity contribution in [3.05, 3.63) is 100 Å². The Morgan fingerprint density at radius 2 is 1.62 bits per heavy atom. The summed E-state index contributed by atoms with van der Waals surface area (Å²) in [5, 5.41) is 2.80. The second-order valence-corrected chi connectivity index (χ2v) is 10.2. The van der Waals surface area contributed by atoms with Gasteiger partial charge in [0, 0.05) is 11.0 Å². The van der Waals surface area contributed by atoms with Gasteiger partial charge in [-0.3, -0.25) is 4.79 Å². The van der Waals surface area contributed by atoms with E-state index in [1.165, 1.54) is 28.6 Å². The quantitative estimate of drug-likeness (QED) is 0.446. The van der Waals surface area contributed by atoms with Crippen molar-refractivity contribution < 1.29 is 17.6 Å². The van der Waals surface area contributed by atoms with Crippen LogP contribution >= 0.6 is 15.9 Å². The largest absolute Gasteiger partial charge is 0.348 e. The normalized spacial score (nSPS) is 12.5. The van der Waals surface area contributed by atoms with Crippen molar-refractivity contribution in [3.63, 3.8) is 0 Å². The van der Waals surface area contributed by atoms with Gasteiger partial charge in [-0.2, -0.15) is 4.31 Å². The van der Waals surface area contributed by atoms with Crippen LogP contribution in [-0.2, 0) is 21.2 Å². The summed E-state index contributed by atoms with van der Waals surface area (Å²) in [6, 6.07) is 21.3. The number of nitrogens with zero attached hydrogens (tertiary/aromatic N) is 1. The van der Waals surface area contributed by atoms with Crippen LogP contribution in [0.25, 0.3) is 0 Å². The first kappa shape index (κ1) is 24.1. The lowest BCUT2D eigenvalue weighted by atomic mass is 10.1. The first-order valence-corrected chi connectivity index (χ1v) is 12.3. The fraction of sp³-hybridized carbons (Fsp3) is 0.208. The van der Waals surface area contributed by atoms with Gasteiger partial charge in [-0.15, -0.1) is 0 Å². The second-order valence-electron chi connectivity index (χ2n) is 7.37. The molecule has 0 saturated heterocycles. The lowest BCUT2D eigenvalue weighted by molar-refractivity contribution is -0.121. The summed E-state index contributed by atoms with van der Waals surface area (Å²) in [6.45, 7) is 1.60. The molecule has 32 heavy (non-hydrogen) atoms. The monoisotopic (exact) mass is 518 g/mol. The van der Waals surface area contributed by atoms with E-state index in [1.54, 1.807) is 31.2 Å². The van der Waals surface area contributed by atoms with Gasteiger partial charge in [0.1, 0.15) is 5.82 Å². The second kappa shape index (κ2) is 10.8. The zero-order chi connectivity index (χ0) is 23.1. The third kappa shape index (κ3) is 6.48. The van der Waals surface area contributed by atoms with Crippen LogP contribution in [-0.4, -0.2) is 31.7 Å². The summed E-state index contributed by atoms with van der Waals surface area (Å²) < 4.78 is 41.7. The van der Waals surface area contributed by atoms with Gasteiger partial charge < -0.3 is 5.32 Å². The van der Waals surface area contributed by atoms with E-state index in [1.807, 2.05) is 30.3 Å². The number of hydrogen-bond acceptors (Lipinski definition) is 3. The van der Waals surface area contributed by atoms with Crippen molar-refractivity contribution in [3.8, 4) is 0 Å². The van der Waals surface area contributed by atoms with Gasteiger partial charge in [0.25, 0.3) is 0 Å². The fourth-order valence-corrected chi connectivity index (χ4v) is 4.88. The van der Waals surface area contributed by atoms with Crippen LogP contribution in [0, 0.1) is 5.82 Å². The Morgan fingerprint density at radius 3 is 2.25 bits per heavy atom. The third-order valence-corrected chi connectivity index (χ3v) is 7.40. The molecular formula is C24H24BrFN2O3S. The van der Waals surface area contributed by atoms with E-state index < -0.39 is 22.0 Å². The van der Waals surface area contributed by atoms with E-state index >= 15 is 0 Å². The Hall–Kier alpha value is -2.55. The van der Waals surface area contributed by atoms with E-state index in [0.717, 1.165) is 15.6 Å². The van der Waals surface area contributed by atoms with Gasteiger partial charge in [-0.1, -0.05) is 58.4 Å². The number of halogens is 2. The van der Waals surface area contributed by atoms with Crippen LogP contribution in [0.1, 0.15) is 24.1 Å². The van der Waals surface area contributed by atoms with Crippen molar-refractivity contribution in [2.24, 2.45) is 0 Å². The number of carbonyl (C=O) groups is 1. The highest BCUT2D eigenvalue weighted by Crippen LogP contribution is 2.20. The third-order valence-electron chi connectivity index (χ3n) is 5.01. The lowest BCUT2D eigenvalue weighted by Gasteiger charge is -2.23. The maximum atomic E-state index is 13.3. The average molecular weight is 519 g/mol. The topological polar surface area (TPSA) is 66.5 Å². The Balaban J connectivity index is 1.77. The van der Waals surface area contributed by atoms with Crippen LogP contribution in [0.15, 0.2) is 88.2 Å². The highest BCUT2D eigenvalue weighted by atomic mass is 79.9. The molecule has 3 aromatic carbocycles. The molecule has 1 amide bonds. The van der Waals surface area contributed by atoms with Gasteiger partial charge in [0.2, 0.25) is 15.9 Å². The number of amides is 1. The molecule has 0 spiro atoms. The SMILES string of the molecule is CC(NC(=O)CN(CCc1ccccc1)S(=O)(=O)c1ccc(Br)cc1)c1ccc(F)cc1. The molecule has 0 radical (unpaired) electrons. The zero-order valence-electron chi connectivity index (χ0n) is 17.5. The predicted molar refractivity (Wildman–Crippen MR) is 126 cm³/mol. The molecule has 3 aromatic rings. The maximum absolute atomic E-state index is 13.3. The molecule has 1 N–H and O–H groups in total. The van der Waals surface area contributed by atoms with Crippen molar-refractivity contribution >= 4 is 31.9 Å². The summed E-state index contributed by atoms with van der Waals surface area (Å²) in [5.74, 6) is -0.796. The maximum Gasteiger partial charge on any atom is 0.243 e. The highest BCUT2D eigenvalue weighted by molar-refractivity contribution is 9.10. The molecule has 0 fully saturated rings. The van der Waals surface area contributed by atoms with E-state index in [-0.39, 0.29) is 23.8 Å². The minimum Gasteiger partial charge on any atom is -0.348 e. The Kier molecular flexibility index (Phi) is 8.17. The van der Waals surface area contributed by atoms with Crippen LogP contribution < -0.4 is 5.32 Å². The highest BCUT2D eigenvalue weighted by Gasteiger charge is 2.27. The van der Waals surface area contributed by atoms with Gasteiger partial charge in [0.05, 0.1) is 17.5 Å². The van der Waals surface area contributed by atoms with E-state index in [4.69, 9.17) is 0 Å². The molecule has 8 heteroatoms. The van der Waals surface area contributed by atoms with Gasteiger partial charge in [0.15, 0.2) is 0 Å².